The van der Waals surface area contributed by atoms with Crippen LogP contribution in [0.25, 0.3) is 68.7 Å². The van der Waals surface area contributed by atoms with Crippen LogP contribution in [0, 0.1) is 0 Å². The molecule has 4 saturated heterocycles. The molecule has 746 valence electrons. The van der Waals surface area contributed by atoms with Crippen molar-refractivity contribution in [2.24, 2.45) is 0 Å². The van der Waals surface area contributed by atoms with Crippen molar-refractivity contribution in [3.63, 3.8) is 0 Å². The Balaban J connectivity index is 0.000000147. The summed E-state index contributed by atoms with van der Waals surface area (Å²) in [5, 5.41) is 22.2. The summed E-state index contributed by atoms with van der Waals surface area (Å²) in [4.78, 5) is 74.1. The molecule has 4 fully saturated rings. The van der Waals surface area contributed by atoms with Crippen LogP contribution in [0.5, 0.6) is 0 Å². The van der Waals surface area contributed by atoms with Crippen molar-refractivity contribution in [3.8, 4) is 46.1 Å². The molecular formula is C82H83Cl3F12N35NaO6S3. The van der Waals surface area contributed by atoms with Crippen molar-refractivity contribution < 1.29 is 109 Å². The van der Waals surface area contributed by atoms with E-state index < -0.39 is 77.1 Å². The van der Waals surface area contributed by atoms with Crippen molar-refractivity contribution >= 4 is 109 Å². The Bertz CT molecular complexity index is 7550. The van der Waals surface area contributed by atoms with E-state index in [1.165, 1.54) is 103 Å². The van der Waals surface area contributed by atoms with Gasteiger partial charge in [0.1, 0.15) is 56.4 Å². The van der Waals surface area contributed by atoms with Gasteiger partial charge in [-0.15, -0.1) is 4.09 Å². The summed E-state index contributed by atoms with van der Waals surface area (Å²) in [6.45, 7) is 5.57. The number of piperidine rings is 4. The van der Waals surface area contributed by atoms with E-state index in [2.05, 4.69) is 120 Å². The SMILES string of the molecule is CN(C)S(=O)(=O)Cl.CN(C)S(=O)(=O)n1cc(C2CCCN(c3ccnc(-c4cnc5cnc(C(F)(F)F)cn45)n3)C2)cn1.CN(C)S(=O)(=O)n1ncc(C2CCCN(c3ccnc(-c4cnc5cnc(C(F)(F)F)cn45)n3)C2)c1Cl.FC(F)(F)c1cn2c(-c3nccc(N4CCCC(c5cn[nH]c5)C4)n3)cnc2cn1.FC(F)(F)c1cn2c(-c3nccc(N4CCCC(c5cn[nH]c5Cl)C4)n3)cnc2cn1.[H-].[Na+]. The molecule has 0 saturated carbocycles. The normalized spacial score (nSPS) is 17.0. The molecule has 0 aliphatic carbocycles. The fourth-order valence-corrected chi connectivity index (χ4v) is 18.3. The molecular weight excluding hydrogens is 2020 g/mol. The van der Waals surface area contributed by atoms with Gasteiger partial charge in [0.15, 0.2) is 68.7 Å². The number of alkyl halides is 12. The van der Waals surface area contributed by atoms with Gasteiger partial charge >= 0.3 is 74.7 Å². The maximum Gasteiger partial charge on any atom is 1.00 e. The van der Waals surface area contributed by atoms with Gasteiger partial charge in [-0.1, -0.05) is 23.2 Å². The molecule has 60 heteroatoms. The predicted octanol–water partition coefficient (Wildman–Crippen LogP) is 9.96. The Kier molecular flexibility index (Phi) is 30.9. The van der Waals surface area contributed by atoms with Gasteiger partial charge in [0, 0.05) is 202 Å². The zero-order valence-electron chi connectivity index (χ0n) is 76.7. The Hall–Kier alpha value is -12.4. The van der Waals surface area contributed by atoms with Gasteiger partial charge in [0.2, 0.25) is 0 Å². The number of rotatable bonds is 17. The molecule has 4 atom stereocenters. The number of hydrogen-bond donors (Lipinski definition) is 2. The number of H-pyrrole nitrogens is 2. The van der Waals surface area contributed by atoms with Gasteiger partial charge < -0.3 is 21.0 Å². The number of aromatic nitrogens is 28. The van der Waals surface area contributed by atoms with Crippen molar-refractivity contribution in [2.45, 2.75) is 99.7 Å². The van der Waals surface area contributed by atoms with E-state index in [1.54, 1.807) is 49.2 Å². The van der Waals surface area contributed by atoms with E-state index >= 15 is 0 Å². The molecule has 4 aliphatic rings. The molecule has 2 N–H and O–H groups in total. The number of halogens is 15. The summed E-state index contributed by atoms with van der Waals surface area (Å²) in [5.74, 6) is 4.08. The number of fused-ring (bicyclic) bond motifs is 4. The molecule has 0 amide bonds. The number of hydrogen-bond acceptors (Lipinski definition) is 30. The summed E-state index contributed by atoms with van der Waals surface area (Å²) in [7, 11) is 2.17. The molecule has 20 rings (SSSR count). The molecule has 0 bridgehead atoms. The average molecular weight is 2110 g/mol. The van der Waals surface area contributed by atoms with E-state index in [1.807, 2.05) is 28.3 Å². The second-order valence-corrected chi connectivity index (χ2v) is 40.5. The van der Waals surface area contributed by atoms with Crippen LogP contribution in [0.4, 0.5) is 76.0 Å². The first-order chi connectivity index (χ1) is 66.8. The number of anilines is 4. The van der Waals surface area contributed by atoms with Gasteiger partial charge in [-0.25, -0.2) is 79.7 Å². The molecule has 0 radical (unpaired) electrons. The van der Waals surface area contributed by atoms with Gasteiger partial charge in [0.05, 0.1) is 74.4 Å². The van der Waals surface area contributed by atoms with Crippen LogP contribution in [0.1, 0.15) is 121 Å². The van der Waals surface area contributed by atoms with Crippen LogP contribution in [0.2, 0.25) is 10.3 Å². The van der Waals surface area contributed by atoms with E-state index in [0.29, 0.717) is 95.4 Å². The molecule has 41 nitrogen and oxygen atoms in total. The first-order valence-corrected chi connectivity index (χ1v) is 48.5. The fourth-order valence-electron chi connectivity index (χ4n) is 16.0. The van der Waals surface area contributed by atoms with Crippen LogP contribution in [-0.2, 0) is 54.4 Å². The molecule has 16 aromatic rings. The van der Waals surface area contributed by atoms with E-state index in [-0.39, 0.29) is 94.0 Å². The first-order valence-electron chi connectivity index (χ1n) is 42.7. The third-order valence-electron chi connectivity index (χ3n) is 23.3. The number of aromatic amines is 2. The number of imidazole rings is 4. The average Bonchev–Trinajstić information content (AvgIpc) is 1.66. The molecule has 16 aromatic heterocycles. The minimum atomic E-state index is -4.61. The number of nitrogens with zero attached hydrogens (tertiary/aromatic N) is 33. The van der Waals surface area contributed by atoms with E-state index in [4.69, 9.17) is 33.9 Å². The third kappa shape index (κ3) is 23.2. The van der Waals surface area contributed by atoms with Gasteiger partial charge in [-0.2, -0.15) is 115 Å². The van der Waals surface area contributed by atoms with Crippen molar-refractivity contribution in [3.05, 3.63) is 216 Å². The van der Waals surface area contributed by atoms with Crippen molar-refractivity contribution in [1.29, 1.82) is 0 Å². The minimum absolute atomic E-state index is 0. The third-order valence-corrected chi connectivity index (χ3v) is 29.0. The Morgan fingerprint density at radius 2 is 0.711 bits per heavy atom. The number of nitrogens with one attached hydrogen (secondary N) is 2. The minimum Gasteiger partial charge on any atom is -1.00 e. The standard InChI is InChI=1S/C21H21ClF3N9O2S.C21H22F3N9O2S.C19H16ClF3N8.C19H17F3N8.C2H6ClNO2S.Na.H/c1-31(2)37(35,36)34-19(22)14(8-29-34)13-4-3-7-32(11-13)17-5-6-26-20(30-17)15-9-28-18-10-27-16(12-33(15)18)21(23,24)25;1-30(2)36(34,35)33-12-15(8-28-33)14-4-3-7-31(11-14)18-5-6-25-20(29-18)16-9-27-19-10-26-17(13-32(16)19)21(22,23)24;20-17-12(6-27-29-17)11-2-1-5-30(9-11)15-3-4-24-18(28-15)13-7-26-16-8-25-14(10-31(13)16)19(21,22)23;20-19(21,22)15-11-30-14(8-25-17(30)9-24-15)18-23-4-3-16(28-18)29-5-1-2-12(10-29)13-6-26-27-7-13;1-4(2)7(3,5)6;;/h5-6,8-10,12-13H,3-4,7,11H2,1-2H3;5-6,8-10,12-14H,3-4,7,11H2,1-2H3;3-4,6-8,10-11H,1-2,5,9H2,(H,27,29);3-4,6-9,11-12H,1-2,5,10H2,(H,26,27);1-2H3;;/q;;;;;+1;-1. The molecule has 142 heavy (non-hydrogen) atoms. The van der Waals surface area contributed by atoms with E-state index in [9.17, 15) is 77.9 Å². The first kappa shape index (κ1) is 104. The summed E-state index contributed by atoms with van der Waals surface area (Å²) in [5.41, 5.74) is 1.82. The second kappa shape index (κ2) is 42.3. The van der Waals surface area contributed by atoms with Gasteiger partial charge in [-0.3, -0.25) is 27.8 Å². The van der Waals surface area contributed by atoms with Crippen molar-refractivity contribution in [1.82, 2.24) is 149 Å². The Labute approximate surface area is 837 Å². The van der Waals surface area contributed by atoms with Crippen molar-refractivity contribution in [2.75, 3.05) is 114 Å². The van der Waals surface area contributed by atoms with Crippen LogP contribution in [0.15, 0.2) is 161 Å². The maximum absolute atomic E-state index is 13.2. The maximum atomic E-state index is 13.2. The monoisotopic (exact) mass is 2110 g/mol. The molecule has 4 aliphatic heterocycles. The zero-order chi connectivity index (χ0) is 101. The predicted molar refractivity (Wildman–Crippen MR) is 490 cm³/mol. The van der Waals surface area contributed by atoms with Crippen LogP contribution in [0.3, 0.4) is 0 Å². The fraction of sp³-hybridized carbons (Fsp3) is 0.366. The quantitative estimate of drug-likeness (QED) is 0.0486. The molecule has 4 unspecified atom stereocenters. The summed E-state index contributed by atoms with van der Waals surface area (Å²) in [6.07, 6.45) is 18.8. The molecule has 20 heterocycles. The van der Waals surface area contributed by atoms with Crippen LogP contribution < -0.4 is 49.2 Å². The van der Waals surface area contributed by atoms with Gasteiger partial charge in [0.25, 0.3) is 9.24 Å². The smallest absolute Gasteiger partial charge is 1.00 e. The second-order valence-electron chi connectivity index (χ2n) is 33.0. The van der Waals surface area contributed by atoms with E-state index in [0.717, 1.165) is 164 Å². The van der Waals surface area contributed by atoms with Crippen LogP contribution in [-0.4, -0.2) is 269 Å². The van der Waals surface area contributed by atoms with Crippen LogP contribution >= 0.6 is 33.9 Å². The topological polar surface area (TPSA) is 442 Å². The largest absolute Gasteiger partial charge is 1.00 e. The molecule has 0 spiro atoms. The van der Waals surface area contributed by atoms with Gasteiger partial charge in [-0.05, 0) is 86.8 Å². The Morgan fingerprint density at radius 1 is 0.380 bits per heavy atom. The molecule has 0 aromatic carbocycles. The summed E-state index contributed by atoms with van der Waals surface area (Å²) < 4.78 is 237. The Morgan fingerprint density at radius 3 is 1.02 bits per heavy atom. The zero-order valence-corrected chi connectivity index (χ0v) is 82.5. The summed E-state index contributed by atoms with van der Waals surface area (Å²) >= 11 is 12.6. The summed E-state index contributed by atoms with van der Waals surface area (Å²) in [6, 6.07) is 7.04.